The number of carbonyl (C=O) groups excluding carboxylic acids is 1. The Morgan fingerprint density at radius 2 is 2.31 bits per heavy atom. The van der Waals surface area contributed by atoms with Gasteiger partial charge in [0.2, 0.25) is 0 Å². The lowest BCUT2D eigenvalue weighted by Gasteiger charge is -2.03. The Hall–Kier alpha value is -1.68. The molecular weight excluding hydrogens is 202 g/mol. The summed E-state index contributed by atoms with van der Waals surface area (Å²) in [6.45, 7) is 3.72. The van der Waals surface area contributed by atoms with Crippen LogP contribution in [0, 0.1) is 0 Å². The smallest absolute Gasteiger partial charge is 0.179 e. The molecule has 0 amide bonds. The van der Waals surface area contributed by atoms with Crippen molar-refractivity contribution in [3.8, 4) is 0 Å². The number of rotatable bonds is 3. The number of H-pyrrole nitrogens is 1. The van der Waals surface area contributed by atoms with E-state index in [1.165, 1.54) is 0 Å². The van der Waals surface area contributed by atoms with E-state index >= 15 is 0 Å². The van der Waals surface area contributed by atoms with Crippen LogP contribution in [0.2, 0.25) is 0 Å². The number of hydrogen-bond donors (Lipinski definition) is 2. The van der Waals surface area contributed by atoms with Crippen molar-refractivity contribution in [3.05, 3.63) is 29.6 Å². The summed E-state index contributed by atoms with van der Waals surface area (Å²) in [6, 6.07) is 4.97. The standard InChI is InChI=1S/C12H15N3O/c1-3-11-14-9-5-4-8(6-10(9)15-11)12(16)7(2)13/h4-7H,3,13H2,1-2H3,(H,14,15). The van der Waals surface area contributed by atoms with Crippen LogP contribution in [0.3, 0.4) is 0 Å². The van der Waals surface area contributed by atoms with Crippen molar-refractivity contribution in [2.24, 2.45) is 5.73 Å². The normalized spacial score (nSPS) is 12.9. The van der Waals surface area contributed by atoms with Gasteiger partial charge in [0, 0.05) is 12.0 Å². The number of fused-ring (bicyclic) bond motifs is 1. The number of benzene rings is 1. The second-order valence-corrected chi connectivity index (χ2v) is 3.92. The molecule has 1 aromatic carbocycles. The fourth-order valence-electron chi connectivity index (χ4n) is 1.65. The highest BCUT2D eigenvalue weighted by Crippen LogP contribution is 2.15. The molecular formula is C12H15N3O. The number of Topliss-reactive ketones (excluding diaryl/α,β-unsaturated/α-hetero) is 1. The van der Waals surface area contributed by atoms with Crippen molar-refractivity contribution in [2.45, 2.75) is 26.3 Å². The van der Waals surface area contributed by atoms with Gasteiger partial charge in [0.05, 0.1) is 17.1 Å². The summed E-state index contributed by atoms with van der Waals surface area (Å²) in [4.78, 5) is 19.3. The van der Waals surface area contributed by atoms with Crippen molar-refractivity contribution in [2.75, 3.05) is 0 Å². The number of hydrogen-bond acceptors (Lipinski definition) is 3. The number of imidazole rings is 1. The number of nitrogens with two attached hydrogens (primary N) is 1. The quantitative estimate of drug-likeness (QED) is 0.768. The first-order valence-corrected chi connectivity index (χ1v) is 5.40. The summed E-state index contributed by atoms with van der Waals surface area (Å²) in [6.07, 6.45) is 0.852. The number of aromatic nitrogens is 2. The summed E-state index contributed by atoms with van der Waals surface area (Å²) in [5.41, 5.74) is 7.98. The van der Waals surface area contributed by atoms with E-state index < -0.39 is 6.04 Å². The Kier molecular flexibility index (Phi) is 2.75. The average Bonchev–Trinajstić information content (AvgIpc) is 2.69. The second kappa shape index (κ2) is 4.06. The highest BCUT2D eigenvalue weighted by atomic mass is 16.1. The first-order chi connectivity index (χ1) is 7.61. The molecule has 0 radical (unpaired) electrons. The summed E-state index contributed by atoms with van der Waals surface area (Å²) in [5, 5.41) is 0. The number of ketones is 1. The molecule has 2 aromatic rings. The summed E-state index contributed by atoms with van der Waals surface area (Å²) in [5.74, 6) is 0.884. The molecule has 84 valence electrons. The van der Waals surface area contributed by atoms with E-state index in [4.69, 9.17) is 5.73 Å². The van der Waals surface area contributed by atoms with Gasteiger partial charge in [-0.3, -0.25) is 4.79 Å². The highest BCUT2D eigenvalue weighted by molar-refractivity contribution is 6.01. The van der Waals surface area contributed by atoms with E-state index in [2.05, 4.69) is 9.97 Å². The van der Waals surface area contributed by atoms with Crippen LogP contribution in [0.1, 0.15) is 30.0 Å². The van der Waals surface area contributed by atoms with Gasteiger partial charge in [-0.25, -0.2) is 4.98 Å². The van der Waals surface area contributed by atoms with E-state index in [-0.39, 0.29) is 5.78 Å². The van der Waals surface area contributed by atoms with E-state index in [1.807, 2.05) is 19.1 Å². The minimum absolute atomic E-state index is 0.0467. The van der Waals surface area contributed by atoms with E-state index in [0.717, 1.165) is 23.3 Å². The molecule has 0 bridgehead atoms. The van der Waals surface area contributed by atoms with Crippen molar-refractivity contribution in [1.82, 2.24) is 9.97 Å². The molecule has 0 fully saturated rings. The van der Waals surface area contributed by atoms with Crippen LogP contribution in [-0.4, -0.2) is 21.8 Å². The van der Waals surface area contributed by atoms with Crippen LogP contribution >= 0.6 is 0 Å². The minimum atomic E-state index is -0.467. The number of nitrogens with one attached hydrogen (secondary N) is 1. The molecule has 1 unspecified atom stereocenters. The predicted octanol–water partition coefficient (Wildman–Crippen LogP) is 1.66. The van der Waals surface area contributed by atoms with Crippen LogP contribution in [0.5, 0.6) is 0 Å². The van der Waals surface area contributed by atoms with Gasteiger partial charge in [-0.05, 0) is 25.1 Å². The Balaban J connectivity index is 2.47. The van der Waals surface area contributed by atoms with Gasteiger partial charge < -0.3 is 10.7 Å². The Morgan fingerprint density at radius 3 is 2.94 bits per heavy atom. The number of carbonyl (C=O) groups is 1. The third-order valence-electron chi connectivity index (χ3n) is 2.56. The molecule has 4 heteroatoms. The maximum atomic E-state index is 11.7. The summed E-state index contributed by atoms with van der Waals surface area (Å²) < 4.78 is 0. The van der Waals surface area contributed by atoms with Gasteiger partial charge in [0.15, 0.2) is 5.78 Å². The SMILES string of the molecule is CCc1nc2ccc(C(=O)C(C)N)cc2[nH]1. The Bertz CT molecular complexity index is 528. The van der Waals surface area contributed by atoms with Gasteiger partial charge in [0.1, 0.15) is 5.82 Å². The third kappa shape index (κ3) is 1.84. The highest BCUT2D eigenvalue weighted by Gasteiger charge is 2.12. The van der Waals surface area contributed by atoms with Gasteiger partial charge in [-0.1, -0.05) is 6.92 Å². The van der Waals surface area contributed by atoms with Crippen molar-refractivity contribution in [3.63, 3.8) is 0 Å². The van der Waals surface area contributed by atoms with E-state index in [0.29, 0.717) is 5.56 Å². The first-order valence-electron chi connectivity index (χ1n) is 5.40. The van der Waals surface area contributed by atoms with E-state index in [1.54, 1.807) is 13.0 Å². The fourth-order valence-corrected chi connectivity index (χ4v) is 1.65. The van der Waals surface area contributed by atoms with Gasteiger partial charge in [0.25, 0.3) is 0 Å². The lowest BCUT2D eigenvalue weighted by Crippen LogP contribution is -2.26. The van der Waals surface area contributed by atoms with Crippen LogP contribution in [-0.2, 0) is 6.42 Å². The first kappa shape index (κ1) is 10.8. The van der Waals surface area contributed by atoms with Gasteiger partial charge in [-0.15, -0.1) is 0 Å². The summed E-state index contributed by atoms with van der Waals surface area (Å²) in [7, 11) is 0. The number of aromatic amines is 1. The maximum absolute atomic E-state index is 11.7. The molecule has 2 rings (SSSR count). The number of nitrogens with zero attached hydrogens (tertiary/aromatic N) is 1. The van der Waals surface area contributed by atoms with Crippen molar-refractivity contribution in [1.29, 1.82) is 0 Å². The maximum Gasteiger partial charge on any atom is 0.179 e. The largest absolute Gasteiger partial charge is 0.342 e. The fraction of sp³-hybridized carbons (Fsp3) is 0.333. The van der Waals surface area contributed by atoms with Crippen LogP contribution < -0.4 is 5.73 Å². The van der Waals surface area contributed by atoms with Gasteiger partial charge in [-0.2, -0.15) is 0 Å². The minimum Gasteiger partial charge on any atom is -0.342 e. The predicted molar refractivity (Wildman–Crippen MR) is 63.5 cm³/mol. The van der Waals surface area contributed by atoms with Crippen molar-refractivity contribution >= 4 is 16.8 Å². The Labute approximate surface area is 93.9 Å². The zero-order valence-corrected chi connectivity index (χ0v) is 9.45. The summed E-state index contributed by atoms with van der Waals surface area (Å²) >= 11 is 0. The molecule has 1 aromatic heterocycles. The van der Waals surface area contributed by atoms with Crippen molar-refractivity contribution < 1.29 is 4.79 Å². The zero-order valence-electron chi connectivity index (χ0n) is 9.45. The van der Waals surface area contributed by atoms with Crippen LogP contribution in [0.4, 0.5) is 0 Å². The zero-order chi connectivity index (χ0) is 11.7. The van der Waals surface area contributed by atoms with Gasteiger partial charge >= 0.3 is 0 Å². The second-order valence-electron chi connectivity index (χ2n) is 3.92. The lowest BCUT2D eigenvalue weighted by molar-refractivity contribution is 0.0968. The molecule has 1 heterocycles. The molecule has 0 spiro atoms. The Morgan fingerprint density at radius 1 is 1.56 bits per heavy atom. The number of aryl methyl sites for hydroxylation is 1. The van der Waals surface area contributed by atoms with E-state index in [9.17, 15) is 4.79 Å². The molecule has 0 aliphatic heterocycles. The average molecular weight is 217 g/mol. The topological polar surface area (TPSA) is 71.8 Å². The molecule has 0 saturated heterocycles. The van der Waals surface area contributed by atoms with Crippen LogP contribution in [0.25, 0.3) is 11.0 Å². The molecule has 0 aliphatic rings. The molecule has 1 atom stereocenters. The molecule has 0 saturated carbocycles. The molecule has 16 heavy (non-hydrogen) atoms. The lowest BCUT2D eigenvalue weighted by atomic mass is 10.1. The molecule has 3 N–H and O–H groups in total. The monoisotopic (exact) mass is 217 g/mol. The van der Waals surface area contributed by atoms with Crippen LogP contribution in [0.15, 0.2) is 18.2 Å². The molecule has 4 nitrogen and oxygen atoms in total. The molecule has 0 aliphatic carbocycles. The third-order valence-corrected chi connectivity index (χ3v) is 2.56.